The van der Waals surface area contributed by atoms with Crippen molar-refractivity contribution in [3.63, 3.8) is 0 Å². The van der Waals surface area contributed by atoms with Gasteiger partial charge in [-0.25, -0.2) is 0 Å². The summed E-state index contributed by atoms with van der Waals surface area (Å²) in [6.07, 6.45) is 11.1. The Morgan fingerprint density at radius 2 is 2.29 bits per heavy atom. The van der Waals surface area contributed by atoms with Crippen LogP contribution in [0.4, 0.5) is 0 Å². The van der Waals surface area contributed by atoms with Gasteiger partial charge in [0, 0.05) is 6.42 Å². The molecule has 1 atom stereocenters. The van der Waals surface area contributed by atoms with Gasteiger partial charge < -0.3 is 4.74 Å². The fraction of sp³-hybridized carbons (Fsp3) is 0.667. The van der Waals surface area contributed by atoms with E-state index in [2.05, 4.69) is 32.1 Å². The normalized spacial score (nSPS) is 23.4. The monoisotopic (exact) mass is 236 g/mol. The van der Waals surface area contributed by atoms with E-state index in [1.807, 2.05) is 6.92 Å². The molecule has 0 aliphatic heterocycles. The zero-order chi connectivity index (χ0) is 12.7. The van der Waals surface area contributed by atoms with Crippen molar-refractivity contribution in [1.29, 1.82) is 0 Å². The van der Waals surface area contributed by atoms with Gasteiger partial charge in [-0.3, -0.25) is 4.79 Å². The van der Waals surface area contributed by atoms with Crippen LogP contribution in [0, 0.1) is 5.41 Å². The Kier molecular flexibility index (Phi) is 5.46. The highest BCUT2D eigenvalue weighted by Crippen LogP contribution is 2.38. The molecule has 2 heteroatoms. The fourth-order valence-electron chi connectivity index (χ4n) is 2.13. The van der Waals surface area contributed by atoms with Crippen molar-refractivity contribution >= 4 is 5.97 Å². The Hall–Kier alpha value is -1.05. The van der Waals surface area contributed by atoms with Crippen LogP contribution in [0.25, 0.3) is 0 Å². The van der Waals surface area contributed by atoms with E-state index in [9.17, 15) is 4.79 Å². The summed E-state index contributed by atoms with van der Waals surface area (Å²) in [6.45, 7) is 7.03. The minimum absolute atomic E-state index is 0.0616. The molecule has 96 valence electrons. The molecule has 0 aromatic rings. The Balaban J connectivity index is 2.25. The molecule has 2 nitrogen and oxygen atoms in total. The zero-order valence-electron chi connectivity index (χ0n) is 11.3. The number of allylic oxidation sites excluding steroid dienone is 4. The number of esters is 1. The van der Waals surface area contributed by atoms with E-state index in [0.29, 0.717) is 13.0 Å². The number of ether oxygens (including phenoxy) is 1. The quantitative estimate of drug-likeness (QED) is 0.514. The maximum Gasteiger partial charge on any atom is 0.305 e. The van der Waals surface area contributed by atoms with Crippen LogP contribution in [0.5, 0.6) is 0 Å². The van der Waals surface area contributed by atoms with Crippen LogP contribution < -0.4 is 0 Å². The minimum atomic E-state index is -0.0616. The molecule has 0 heterocycles. The number of hydrogen-bond acceptors (Lipinski definition) is 2. The molecule has 17 heavy (non-hydrogen) atoms. The van der Waals surface area contributed by atoms with Gasteiger partial charge in [0.15, 0.2) is 0 Å². The van der Waals surface area contributed by atoms with E-state index < -0.39 is 0 Å². The van der Waals surface area contributed by atoms with Gasteiger partial charge in [0.1, 0.15) is 0 Å². The lowest BCUT2D eigenvalue weighted by Crippen LogP contribution is -2.20. The molecule has 1 aliphatic rings. The molecule has 0 amide bonds. The third-order valence-corrected chi connectivity index (χ3v) is 3.59. The first kappa shape index (κ1) is 14.0. The fourth-order valence-corrected chi connectivity index (χ4v) is 2.13. The van der Waals surface area contributed by atoms with Crippen LogP contribution in [0.1, 0.15) is 52.9 Å². The molecule has 0 fully saturated rings. The van der Waals surface area contributed by atoms with Crippen molar-refractivity contribution in [3.8, 4) is 0 Å². The Bertz CT molecular complexity index is 315. The number of hydrogen-bond donors (Lipinski definition) is 0. The summed E-state index contributed by atoms with van der Waals surface area (Å²) in [5.74, 6) is -0.0616. The number of carbonyl (C=O) groups is 1. The lowest BCUT2D eigenvalue weighted by Gasteiger charge is -2.31. The molecule has 0 radical (unpaired) electrons. The standard InChI is InChI=1S/C15H24O2/c1-4-8-14(16)17-12-7-11-15(3)10-6-5-9-13(15)2/h5-6,9H,4,7-8,10-12H2,1-3H3. The van der Waals surface area contributed by atoms with Crippen LogP contribution >= 0.6 is 0 Å². The largest absolute Gasteiger partial charge is 0.466 e. The summed E-state index contributed by atoms with van der Waals surface area (Å²) in [4.78, 5) is 11.2. The molecule has 0 saturated heterocycles. The first-order valence-electron chi connectivity index (χ1n) is 6.58. The zero-order valence-corrected chi connectivity index (χ0v) is 11.3. The maximum absolute atomic E-state index is 11.2. The predicted molar refractivity (Wildman–Crippen MR) is 70.7 cm³/mol. The molecule has 1 unspecified atom stereocenters. The van der Waals surface area contributed by atoms with Crippen LogP contribution in [-0.4, -0.2) is 12.6 Å². The van der Waals surface area contributed by atoms with E-state index in [-0.39, 0.29) is 11.4 Å². The van der Waals surface area contributed by atoms with Gasteiger partial charge in [-0.15, -0.1) is 0 Å². The first-order chi connectivity index (χ1) is 8.08. The summed E-state index contributed by atoms with van der Waals surface area (Å²) in [5.41, 5.74) is 1.69. The van der Waals surface area contributed by atoms with Crippen LogP contribution in [0.3, 0.4) is 0 Å². The SMILES string of the molecule is CCCC(=O)OCCCC1(C)CC=CC=C1C. The van der Waals surface area contributed by atoms with Crippen molar-refractivity contribution in [1.82, 2.24) is 0 Å². The molecule has 0 aromatic carbocycles. The summed E-state index contributed by atoms with van der Waals surface area (Å²) < 4.78 is 5.18. The van der Waals surface area contributed by atoms with Gasteiger partial charge in [-0.2, -0.15) is 0 Å². The van der Waals surface area contributed by atoms with E-state index in [4.69, 9.17) is 4.74 Å². The molecule has 0 saturated carbocycles. The Morgan fingerprint density at radius 1 is 1.53 bits per heavy atom. The average molecular weight is 236 g/mol. The van der Waals surface area contributed by atoms with Gasteiger partial charge in [0.25, 0.3) is 0 Å². The molecule has 1 aliphatic carbocycles. The van der Waals surface area contributed by atoms with Crippen molar-refractivity contribution < 1.29 is 9.53 Å². The predicted octanol–water partition coefficient (Wildman–Crippen LogP) is 4.02. The van der Waals surface area contributed by atoms with Crippen LogP contribution in [-0.2, 0) is 9.53 Å². The van der Waals surface area contributed by atoms with Gasteiger partial charge in [0.05, 0.1) is 6.61 Å². The van der Waals surface area contributed by atoms with Crippen molar-refractivity contribution in [2.45, 2.75) is 52.9 Å². The molecule has 1 rings (SSSR count). The highest BCUT2D eigenvalue weighted by atomic mass is 16.5. The minimum Gasteiger partial charge on any atom is -0.466 e. The highest BCUT2D eigenvalue weighted by molar-refractivity contribution is 5.69. The second kappa shape index (κ2) is 6.63. The summed E-state index contributed by atoms with van der Waals surface area (Å²) in [7, 11) is 0. The Morgan fingerprint density at radius 3 is 2.94 bits per heavy atom. The van der Waals surface area contributed by atoms with Crippen molar-refractivity contribution in [2.24, 2.45) is 5.41 Å². The molecular formula is C15H24O2. The van der Waals surface area contributed by atoms with E-state index in [1.165, 1.54) is 5.57 Å². The average Bonchev–Trinajstić information content (AvgIpc) is 2.29. The Labute approximate surface area is 105 Å². The molecule has 0 spiro atoms. The summed E-state index contributed by atoms with van der Waals surface area (Å²) in [5, 5.41) is 0. The topological polar surface area (TPSA) is 26.3 Å². The van der Waals surface area contributed by atoms with E-state index in [0.717, 1.165) is 25.7 Å². The van der Waals surface area contributed by atoms with Gasteiger partial charge in [0.2, 0.25) is 0 Å². The number of carbonyl (C=O) groups excluding carboxylic acids is 1. The number of rotatable bonds is 6. The lowest BCUT2D eigenvalue weighted by atomic mass is 9.74. The van der Waals surface area contributed by atoms with Gasteiger partial charge in [-0.05, 0) is 38.0 Å². The molecular weight excluding hydrogens is 212 g/mol. The second-order valence-corrected chi connectivity index (χ2v) is 5.12. The first-order valence-corrected chi connectivity index (χ1v) is 6.58. The lowest BCUT2D eigenvalue weighted by molar-refractivity contribution is -0.143. The summed E-state index contributed by atoms with van der Waals surface area (Å²) >= 11 is 0. The van der Waals surface area contributed by atoms with Crippen molar-refractivity contribution in [2.75, 3.05) is 6.61 Å². The van der Waals surface area contributed by atoms with Gasteiger partial charge in [-0.1, -0.05) is 37.6 Å². The molecule has 0 aromatic heterocycles. The van der Waals surface area contributed by atoms with Crippen LogP contribution in [0.2, 0.25) is 0 Å². The third kappa shape index (κ3) is 4.37. The smallest absolute Gasteiger partial charge is 0.305 e. The summed E-state index contributed by atoms with van der Waals surface area (Å²) in [6, 6.07) is 0. The van der Waals surface area contributed by atoms with Crippen LogP contribution in [0.15, 0.2) is 23.8 Å². The molecule has 0 bridgehead atoms. The van der Waals surface area contributed by atoms with E-state index >= 15 is 0 Å². The second-order valence-electron chi connectivity index (χ2n) is 5.12. The maximum atomic E-state index is 11.2. The van der Waals surface area contributed by atoms with Crippen molar-refractivity contribution in [3.05, 3.63) is 23.8 Å². The van der Waals surface area contributed by atoms with Gasteiger partial charge >= 0.3 is 5.97 Å². The molecule has 0 N–H and O–H groups in total. The highest BCUT2D eigenvalue weighted by Gasteiger charge is 2.25. The van der Waals surface area contributed by atoms with E-state index in [1.54, 1.807) is 0 Å². The third-order valence-electron chi connectivity index (χ3n) is 3.59.